The van der Waals surface area contributed by atoms with Crippen LogP contribution in [-0.2, 0) is 10.5 Å². The number of carbonyl (C=O) groups excluding carboxylic acids is 1. The first-order valence-corrected chi connectivity index (χ1v) is 9.88. The Morgan fingerprint density at radius 2 is 1.96 bits per heavy atom. The largest absolute Gasteiger partial charge is 0.345 e. The average Bonchev–Trinajstić information content (AvgIpc) is 3.11. The summed E-state index contributed by atoms with van der Waals surface area (Å²) in [6.45, 7) is 3.28. The second kappa shape index (κ2) is 8.04. The number of thiazole rings is 1. The van der Waals surface area contributed by atoms with Crippen LogP contribution in [0.4, 0.5) is 5.13 Å². The van der Waals surface area contributed by atoms with Gasteiger partial charge in [-0.3, -0.25) is 4.79 Å². The quantitative estimate of drug-likeness (QED) is 0.811. The van der Waals surface area contributed by atoms with E-state index < -0.39 is 0 Å². The summed E-state index contributed by atoms with van der Waals surface area (Å²) in [6, 6.07) is 7.79. The highest BCUT2D eigenvalue weighted by Gasteiger charge is 2.22. The van der Waals surface area contributed by atoms with Gasteiger partial charge in [0.1, 0.15) is 0 Å². The van der Waals surface area contributed by atoms with Crippen molar-refractivity contribution in [1.82, 2.24) is 9.88 Å². The fourth-order valence-corrected chi connectivity index (χ4v) is 4.16. The maximum atomic E-state index is 12.3. The molecule has 1 fully saturated rings. The number of rotatable bonds is 5. The van der Waals surface area contributed by atoms with Crippen LogP contribution in [0.2, 0.25) is 5.02 Å². The molecule has 0 unspecified atom stereocenters. The van der Waals surface area contributed by atoms with Crippen LogP contribution in [0.1, 0.15) is 5.56 Å². The van der Waals surface area contributed by atoms with Gasteiger partial charge in [0.25, 0.3) is 0 Å². The van der Waals surface area contributed by atoms with Crippen LogP contribution in [0.5, 0.6) is 0 Å². The lowest BCUT2D eigenvalue weighted by molar-refractivity contribution is -0.128. The average molecular weight is 368 g/mol. The van der Waals surface area contributed by atoms with Crippen molar-refractivity contribution in [3.05, 3.63) is 46.4 Å². The number of thioether (sulfide) groups is 1. The molecular formula is C16H18ClN3OS2. The molecule has 3 rings (SSSR count). The number of anilines is 1. The van der Waals surface area contributed by atoms with Crippen LogP contribution in [0, 0.1) is 0 Å². The van der Waals surface area contributed by atoms with Gasteiger partial charge in [-0.25, -0.2) is 4.98 Å². The Balaban J connectivity index is 1.40. The van der Waals surface area contributed by atoms with Gasteiger partial charge in [0, 0.05) is 48.5 Å². The van der Waals surface area contributed by atoms with E-state index in [4.69, 9.17) is 11.6 Å². The molecule has 122 valence electrons. The van der Waals surface area contributed by atoms with Crippen molar-refractivity contribution in [3.8, 4) is 0 Å². The molecule has 0 aliphatic carbocycles. The van der Waals surface area contributed by atoms with E-state index in [1.54, 1.807) is 23.1 Å². The highest BCUT2D eigenvalue weighted by atomic mass is 35.5. The van der Waals surface area contributed by atoms with Crippen molar-refractivity contribution < 1.29 is 4.79 Å². The minimum Gasteiger partial charge on any atom is -0.345 e. The molecule has 1 aliphatic heterocycles. The van der Waals surface area contributed by atoms with E-state index in [2.05, 4.69) is 9.88 Å². The fourth-order valence-electron chi connectivity index (χ4n) is 2.45. The normalized spacial score (nSPS) is 15.0. The van der Waals surface area contributed by atoms with E-state index in [1.165, 1.54) is 5.56 Å². The number of hydrogen-bond acceptors (Lipinski definition) is 5. The number of piperazine rings is 1. The molecule has 23 heavy (non-hydrogen) atoms. The van der Waals surface area contributed by atoms with Crippen LogP contribution >= 0.6 is 34.7 Å². The van der Waals surface area contributed by atoms with Crippen molar-refractivity contribution >= 4 is 45.7 Å². The van der Waals surface area contributed by atoms with Gasteiger partial charge in [-0.05, 0) is 17.7 Å². The van der Waals surface area contributed by atoms with Crippen molar-refractivity contribution in [3.63, 3.8) is 0 Å². The number of aromatic nitrogens is 1. The van der Waals surface area contributed by atoms with E-state index in [0.29, 0.717) is 5.75 Å². The number of benzene rings is 1. The molecule has 0 saturated carbocycles. The molecule has 2 heterocycles. The van der Waals surface area contributed by atoms with Crippen molar-refractivity contribution in [1.29, 1.82) is 0 Å². The molecule has 4 nitrogen and oxygen atoms in total. The summed E-state index contributed by atoms with van der Waals surface area (Å²) in [5, 5.41) is 3.78. The zero-order chi connectivity index (χ0) is 16.1. The maximum Gasteiger partial charge on any atom is 0.232 e. The molecule has 1 amide bonds. The molecule has 2 aromatic rings. The second-order valence-corrected chi connectivity index (χ2v) is 7.60. The summed E-state index contributed by atoms with van der Waals surface area (Å²) in [4.78, 5) is 20.8. The van der Waals surface area contributed by atoms with Gasteiger partial charge in [0.15, 0.2) is 5.13 Å². The third-order valence-corrected chi connectivity index (χ3v) is 5.80. The Morgan fingerprint density at radius 3 is 2.61 bits per heavy atom. The molecule has 7 heteroatoms. The fraction of sp³-hybridized carbons (Fsp3) is 0.375. The lowest BCUT2D eigenvalue weighted by Gasteiger charge is -2.34. The first-order chi connectivity index (χ1) is 11.2. The monoisotopic (exact) mass is 367 g/mol. The first kappa shape index (κ1) is 16.6. The van der Waals surface area contributed by atoms with Crippen molar-refractivity contribution in [2.24, 2.45) is 0 Å². The summed E-state index contributed by atoms with van der Waals surface area (Å²) in [5.41, 5.74) is 1.20. The van der Waals surface area contributed by atoms with Crippen molar-refractivity contribution in [2.75, 3.05) is 36.8 Å². The number of hydrogen-bond donors (Lipinski definition) is 0. The Kier molecular flexibility index (Phi) is 5.80. The summed E-state index contributed by atoms with van der Waals surface area (Å²) in [6.07, 6.45) is 1.82. The summed E-state index contributed by atoms with van der Waals surface area (Å²) in [7, 11) is 0. The van der Waals surface area contributed by atoms with Gasteiger partial charge < -0.3 is 9.80 Å². The molecular weight excluding hydrogens is 350 g/mol. The van der Waals surface area contributed by atoms with Gasteiger partial charge in [-0.15, -0.1) is 23.1 Å². The van der Waals surface area contributed by atoms with Crippen molar-refractivity contribution in [2.45, 2.75) is 5.75 Å². The minimum absolute atomic E-state index is 0.225. The highest BCUT2D eigenvalue weighted by molar-refractivity contribution is 7.99. The Labute approximate surface area is 149 Å². The summed E-state index contributed by atoms with van der Waals surface area (Å²) in [5.74, 6) is 1.59. The Bertz CT molecular complexity index is 625. The third kappa shape index (κ3) is 4.62. The first-order valence-electron chi connectivity index (χ1n) is 7.47. The van der Waals surface area contributed by atoms with Gasteiger partial charge in [-0.1, -0.05) is 23.7 Å². The zero-order valence-electron chi connectivity index (χ0n) is 12.7. The van der Waals surface area contributed by atoms with E-state index >= 15 is 0 Å². The topological polar surface area (TPSA) is 36.4 Å². The number of halogens is 1. The van der Waals surface area contributed by atoms with Gasteiger partial charge >= 0.3 is 0 Å². The van der Waals surface area contributed by atoms with E-state index in [9.17, 15) is 4.79 Å². The standard InChI is InChI=1S/C16H18ClN3OS2/c17-14-3-1-13(2-4-14)11-22-12-15(21)19-6-8-20(9-7-19)16-18-5-10-23-16/h1-5,10H,6-9,11-12H2. The molecule has 0 bridgehead atoms. The predicted octanol–water partition coefficient (Wildman–Crippen LogP) is 3.38. The molecule has 1 aliphatic rings. The summed E-state index contributed by atoms with van der Waals surface area (Å²) >= 11 is 9.17. The lowest BCUT2D eigenvalue weighted by Crippen LogP contribution is -2.49. The Morgan fingerprint density at radius 1 is 1.22 bits per heavy atom. The van der Waals surface area contributed by atoms with Gasteiger partial charge in [-0.2, -0.15) is 0 Å². The molecule has 0 atom stereocenters. The van der Waals surface area contributed by atoms with Crippen LogP contribution in [-0.4, -0.2) is 47.7 Å². The summed E-state index contributed by atoms with van der Waals surface area (Å²) < 4.78 is 0. The van der Waals surface area contributed by atoms with Crippen LogP contribution in [0.3, 0.4) is 0 Å². The van der Waals surface area contributed by atoms with Crippen LogP contribution < -0.4 is 4.90 Å². The van der Waals surface area contributed by atoms with Crippen LogP contribution in [0.25, 0.3) is 0 Å². The molecule has 0 radical (unpaired) electrons. The van der Waals surface area contributed by atoms with E-state index in [0.717, 1.165) is 42.1 Å². The smallest absolute Gasteiger partial charge is 0.232 e. The number of nitrogens with zero attached hydrogens (tertiary/aromatic N) is 3. The molecule has 0 N–H and O–H groups in total. The Hall–Kier alpha value is -1.24. The predicted molar refractivity (Wildman–Crippen MR) is 98.5 cm³/mol. The second-order valence-electron chi connectivity index (χ2n) is 5.30. The molecule has 1 aromatic heterocycles. The van der Waals surface area contributed by atoms with Crippen LogP contribution in [0.15, 0.2) is 35.8 Å². The van der Waals surface area contributed by atoms with E-state index in [1.807, 2.05) is 40.7 Å². The number of carbonyl (C=O) groups is 1. The highest BCUT2D eigenvalue weighted by Crippen LogP contribution is 2.20. The number of amides is 1. The van der Waals surface area contributed by atoms with Gasteiger partial charge in [0.2, 0.25) is 5.91 Å². The van der Waals surface area contributed by atoms with E-state index in [-0.39, 0.29) is 5.91 Å². The molecule has 1 saturated heterocycles. The lowest BCUT2D eigenvalue weighted by atomic mass is 10.2. The third-order valence-electron chi connectivity index (χ3n) is 3.73. The SMILES string of the molecule is O=C(CSCc1ccc(Cl)cc1)N1CCN(c2nccs2)CC1. The maximum absolute atomic E-state index is 12.3. The zero-order valence-corrected chi connectivity index (χ0v) is 15.0. The van der Waals surface area contributed by atoms with Gasteiger partial charge in [0.05, 0.1) is 5.75 Å². The molecule has 1 aromatic carbocycles. The molecule has 0 spiro atoms. The minimum atomic E-state index is 0.225.